The molecule has 7 nitrogen and oxygen atoms in total. The van der Waals surface area contributed by atoms with Crippen LogP contribution in [0.5, 0.6) is 5.88 Å². The minimum Gasteiger partial charge on any atom is -0.472 e. The van der Waals surface area contributed by atoms with Crippen molar-refractivity contribution in [3.63, 3.8) is 0 Å². The van der Waals surface area contributed by atoms with Gasteiger partial charge in [-0.3, -0.25) is 4.68 Å². The molecule has 0 amide bonds. The van der Waals surface area contributed by atoms with E-state index in [4.69, 9.17) is 9.84 Å². The van der Waals surface area contributed by atoms with Crippen molar-refractivity contribution in [3.05, 3.63) is 41.6 Å². The Morgan fingerprint density at radius 2 is 1.84 bits per heavy atom. The number of alkyl halides is 3. The number of aromatic nitrogens is 4. The first kappa shape index (κ1) is 32.1. The highest BCUT2D eigenvalue weighted by Crippen LogP contribution is 2.38. The fourth-order valence-electron chi connectivity index (χ4n) is 5.09. The predicted molar refractivity (Wildman–Crippen MR) is 145 cm³/mol. The molecule has 0 spiro atoms. The maximum absolute atomic E-state index is 14.4. The van der Waals surface area contributed by atoms with Crippen molar-refractivity contribution in [2.24, 2.45) is 0 Å². The Morgan fingerprint density at radius 3 is 2.47 bits per heavy atom. The zero-order chi connectivity index (χ0) is 24.6. The maximum Gasteiger partial charge on any atom is 0.419 e. The van der Waals surface area contributed by atoms with Crippen LogP contribution in [0.4, 0.5) is 23.4 Å². The second-order valence-electron chi connectivity index (χ2n) is 9.16. The summed E-state index contributed by atoms with van der Waals surface area (Å²) in [4.78, 5) is 8.26. The van der Waals surface area contributed by atoms with Gasteiger partial charge in [-0.2, -0.15) is 18.3 Å². The van der Waals surface area contributed by atoms with Gasteiger partial charge in [0.05, 0.1) is 22.8 Å². The summed E-state index contributed by atoms with van der Waals surface area (Å²) in [6.07, 6.45) is 1.19. The normalized spacial score (nSPS) is 21.2. The minimum absolute atomic E-state index is 0. The van der Waals surface area contributed by atoms with Crippen LogP contribution >= 0.6 is 37.2 Å². The number of nitrogens with one attached hydrogen (secondary N) is 2. The van der Waals surface area contributed by atoms with Crippen LogP contribution in [0.2, 0.25) is 0 Å². The Labute approximate surface area is 236 Å². The topological polar surface area (TPSA) is 76.9 Å². The van der Waals surface area contributed by atoms with Gasteiger partial charge in [0, 0.05) is 42.9 Å². The van der Waals surface area contributed by atoms with Gasteiger partial charge in [0.15, 0.2) is 5.82 Å². The Morgan fingerprint density at radius 1 is 1.11 bits per heavy atom. The number of hydrogen-bond acceptors (Lipinski definition) is 6. The van der Waals surface area contributed by atoms with Gasteiger partial charge in [-0.15, -0.1) is 37.2 Å². The lowest BCUT2D eigenvalue weighted by molar-refractivity contribution is -0.140. The molecule has 3 aromatic rings. The maximum atomic E-state index is 14.4. The first-order valence-electron chi connectivity index (χ1n) is 12.1. The average molecular weight is 602 g/mol. The molecule has 0 aromatic carbocycles. The van der Waals surface area contributed by atoms with Crippen molar-refractivity contribution < 1.29 is 22.3 Å². The van der Waals surface area contributed by atoms with E-state index < -0.39 is 29.5 Å². The van der Waals surface area contributed by atoms with Crippen molar-refractivity contribution in [2.75, 3.05) is 25.0 Å². The third-order valence-electron chi connectivity index (χ3n) is 6.86. The molecule has 1 atom stereocenters. The minimum atomic E-state index is -4.79. The number of anilines is 1. The molecule has 4 heterocycles. The van der Waals surface area contributed by atoms with Crippen LogP contribution < -0.4 is 15.4 Å². The quantitative estimate of drug-likeness (QED) is 0.322. The molecule has 0 radical (unpaired) electrons. The van der Waals surface area contributed by atoms with Crippen molar-refractivity contribution >= 4 is 53.9 Å². The summed E-state index contributed by atoms with van der Waals surface area (Å²) in [6.45, 7) is 4.62. The highest BCUT2D eigenvalue weighted by molar-refractivity contribution is 5.86. The van der Waals surface area contributed by atoms with Crippen molar-refractivity contribution in [3.8, 4) is 5.88 Å². The standard InChI is InChI=1S/C24H28F4N6O.3ClH/c1-2-30-20-11-19-17(13-32-20)22(14-7-9-29-12-14)33-34(19)15-3-5-16(6-4-15)35-23-21(25)18(8-10-31-23)24(26,27)28;;;/h8,10-11,13-16,29H,2-7,9,12H2,1H3,(H,30,32);3*1H/t14?,15-,16+;;;. The van der Waals surface area contributed by atoms with Gasteiger partial charge in [0.2, 0.25) is 0 Å². The molecular formula is C24H31Cl3F4N6O. The molecule has 2 N–H and O–H groups in total. The zero-order valence-electron chi connectivity index (χ0n) is 20.6. The molecule has 1 saturated heterocycles. The predicted octanol–water partition coefficient (Wildman–Crippen LogP) is 6.32. The van der Waals surface area contributed by atoms with Gasteiger partial charge in [-0.25, -0.2) is 14.4 Å². The lowest BCUT2D eigenvalue weighted by Crippen LogP contribution is -2.27. The highest BCUT2D eigenvalue weighted by atomic mass is 35.5. The Balaban J connectivity index is 0.00000169. The van der Waals surface area contributed by atoms with Gasteiger partial charge in [-0.1, -0.05) is 0 Å². The number of nitrogens with zero attached hydrogens (tertiary/aromatic N) is 4. The SMILES string of the molecule is CCNc1cc2c(cn1)c(C1CCNC1)nn2[C@H]1CC[C@@H](Oc2nccc(C(F)(F)F)c2F)CC1.Cl.Cl.Cl. The van der Waals surface area contributed by atoms with E-state index in [0.717, 1.165) is 54.7 Å². The lowest BCUT2D eigenvalue weighted by Gasteiger charge is -2.29. The summed E-state index contributed by atoms with van der Waals surface area (Å²) < 4.78 is 61.1. The van der Waals surface area contributed by atoms with Crippen molar-refractivity contribution in [1.29, 1.82) is 0 Å². The van der Waals surface area contributed by atoms with E-state index in [0.29, 0.717) is 37.7 Å². The molecule has 3 aromatic heterocycles. The molecule has 5 rings (SSSR count). The Hall–Kier alpha value is -2.08. The summed E-state index contributed by atoms with van der Waals surface area (Å²) in [7, 11) is 0. The molecule has 14 heteroatoms. The summed E-state index contributed by atoms with van der Waals surface area (Å²) >= 11 is 0. The van der Waals surface area contributed by atoms with Crippen LogP contribution in [0.3, 0.4) is 0 Å². The van der Waals surface area contributed by atoms with Gasteiger partial charge in [0.1, 0.15) is 11.9 Å². The number of hydrogen-bond donors (Lipinski definition) is 2. The van der Waals surface area contributed by atoms with Crippen LogP contribution in [0, 0.1) is 5.82 Å². The largest absolute Gasteiger partial charge is 0.472 e. The lowest BCUT2D eigenvalue weighted by atomic mass is 9.93. The number of rotatable bonds is 6. The molecule has 2 fully saturated rings. The first-order chi connectivity index (χ1) is 16.8. The van der Waals surface area contributed by atoms with E-state index in [1.807, 2.05) is 19.2 Å². The molecule has 1 aliphatic carbocycles. The molecule has 0 bridgehead atoms. The molecule has 1 aliphatic heterocycles. The van der Waals surface area contributed by atoms with E-state index >= 15 is 0 Å². The molecule has 2 aliphatic rings. The van der Waals surface area contributed by atoms with E-state index in [1.165, 1.54) is 0 Å². The average Bonchev–Trinajstić information content (AvgIpc) is 3.48. The number of pyridine rings is 2. The van der Waals surface area contributed by atoms with Crippen LogP contribution in [0.25, 0.3) is 10.9 Å². The van der Waals surface area contributed by atoms with Gasteiger partial charge in [0.25, 0.3) is 5.88 Å². The van der Waals surface area contributed by atoms with Crippen LogP contribution in [0.15, 0.2) is 24.5 Å². The molecule has 38 heavy (non-hydrogen) atoms. The first-order valence-corrected chi connectivity index (χ1v) is 12.1. The van der Waals surface area contributed by atoms with Gasteiger partial charge >= 0.3 is 6.18 Å². The summed E-state index contributed by atoms with van der Waals surface area (Å²) in [6, 6.07) is 2.76. The monoisotopic (exact) mass is 600 g/mol. The molecular weight excluding hydrogens is 571 g/mol. The summed E-state index contributed by atoms with van der Waals surface area (Å²) in [5.74, 6) is -0.927. The van der Waals surface area contributed by atoms with Gasteiger partial charge < -0.3 is 15.4 Å². The fraction of sp³-hybridized carbons (Fsp3) is 0.542. The van der Waals surface area contributed by atoms with Crippen molar-refractivity contribution in [1.82, 2.24) is 25.1 Å². The fourth-order valence-corrected chi connectivity index (χ4v) is 5.09. The van der Waals surface area contributed by atoms with E-state index in [9.17, 15) is 17.6 Å². The molecule has 212 valence electrons. The second kappa shape index (κ2) is 13.3. The van der Waals surface area contributed by atoms with Crippen molar-refractivity contribution in [2.45, 2.75) is 63.3 Å². The van der Waals surface area contributed by atoms with Crippen LogP contribution in [0.1, 0.15) is 62.2 Å². The van der Waals surface area contributed by atoms with E-state index in [-0.39, 0.29) is 43.3 Å². The third kappa shape index (κ3) is 6.55. The van der Waals surface area contributed by atoms with Crippen LogP contribution in [-0.2, 0) is 6.18 Å². The molecule has 1 saturated carbocycles. The third-order valence-corrected chi connectivity index (χ3v) is 6.86. The smallest absolute Gasteiger partial charge is 0.419 e. The molecule has 1 unspecified atom stereocenters. The van der Waals surface area contributed by atoms with Crippen LogP contribution in [-0.4, -0.2) is 45.5 Å². The Bertz CT molecular complexity index is 1200. The summed E-state index contributed by atoms with van der Waals surface area (Å²) in [5, 5.41) is 12.7. The zero-order valence-corrected chi connectivity index (χ0v) is 23.1. The Kier molecular flexibility index (Phi) is 11.3. The highest BCUT2D eigenvalue weighted by Gasteiger charge is 2.37. The van der Waals surface area contributed by atoms with E-state index in [2.05, 4.69) is 25.3 Å². The number of ether oxygens (including phenoxy) is 1. The van der Waals surface area contributed by atoms with E-state index in [1.54, 1.807) is 0 Å². The number of fused-ring (bicyclic) bond motifs is 1. The number of halogens is 7. The van der Waals surface area contributed by atoms with Gasteiger partial charge in [-0.05, 0) is 51.6 Å². The second-order valence-corrected chi connectivity index (χ2v) is 9.16. The summed E-state index contributed by atoms with van der Waals surface area (Å²) in [5.41, 5.74) is 0.709.